The van der Waals surface area contributed by atoms with Gasteiger partial charge in [0.25, 0.3) is 0 Å². The summed E-state index contributed by atoms with van der Waals surface area (Å²) in [7, 11) is 0. The summed E-state index contributed by atoms with van der Waals surface area (Å²) in [6, 6.07) is 4.32. The summed E-state index contributed by atoms with van der Waals surface area (Å²) >= 11 is 0. The Hall–Kier alpha value is -1.18. The van der Waals surface area contributed by atoms with Gasteiger partial charge in [-0.1, -0.05) is 34.6 Å². The minimum Gasteiger partial charge on any atom is -0.494 e. The van der Waals surface area contributed by atoms with Gasteiger partial charge in [0.15, 0.2) is 0 Å². The molecule has 0 radical (unpaired) electrons. The fourth-order valence-electron chi connectivity index (χ4n) is 4.69. The van der Waals surface area contributed by atoms with Gasteiger partial charge in [-0.2, -0.15) is 0 Å². The highest BCUT2D eigenvalue weighted by atomic mass is 16.5. The van der Waals surface area contributed by atoms with Gasteiger partial charge in [0.1, 0.15) is 17.1 Å². The van der Waals surface area contributed by atoms with Crippen LogP contribution >= 0.6 is 0 Å². The second kappa shape index (κ2) is 9.15. The molecule has 1 aliphatic rings. The van der Waals surface area contributed by atoms with Gasteiger partial charge < -0.3 is 9.47 Å². The Morgan fingerprint density at radius 1 is 1.12 bits per heavy atom. The molecular formula is C24H40O2. The van der Waals surface area contributed by atoms with Gasteiger partial charge in [-0.3, -0.25) is 0 Å². The van der Waals surface area contributed by atoms with Crippen LogP contribution in [0.3, 0.4) is 0 Å². The number of hydrogen-bond donors (Lipinski definition) is 0. The van der Waals surface area contributed by atoms with E-state index in [1.54, 1.807) is 0 Å². The lowest BCUT2D eigenvalue weighted by molar-refractivity contribution is 0.0372. The van der Waals surface area contributed by atoms with Crippen molar-refractivity contribution in [1.29, 1.82) is 0 Å². The number of ether oxygens (including phenoxy) is 2. The van der Waals surface area contributed by atoms with E-state index < -0.39 is 0 Å². The van der Waals surface area contributed by atoms with Crippen molar-refractivity contribution < 1.29 is 9.47 Å². The Labute approximate surface area is 161 Å². The summed E-state index contributed by atoms with van der Waals surface area (Å²) in [4.78, 5) is 0. The molecule has 0 aliphatic carbocycles. The van der Waals surface area contributed by atoms with Crippen LogP contribution in [0, 0.1) is 24.7 Å². The van der Waals surface area contributed by atoms with E-state index in [9.17, 15) is 0 Å². The van der Waals surface area contributed by atoms with Crippen molar-refractivity contribution in [2.24, 2.45) is 17.8 Å². The lowest BCUT2D eigenvalue weighted by atomic mass is 9.81. The standard InChI is InChI=1S/C24H40O2/c1-8-11-25-22-14-20(6)23-21(15-22)9-10-24(7,26-23)16-19(5)13-18(4)12-17(2)3/h14-15,17-19H,8-13,16H2,1-7H3/t18-,19-,24+/m1/s1. The predicted octanol–water partition coefficient (Wildman–Crippen LogP) is 6.97. The van der Waals surface area contributed by atoms with E-state index in [0.29, 0.717) is 5.92 Å². The molecule has 0 N–H and O–H groups in total. The van der Waals surface area contributed by atoms with Crippen molar-refractivity contribution in [3.8, 4) is 11.5 Å². The Kier molecular flexibility index (Phi) is 7.43. The first-order chi connectivity index (χ1) is 12.2. The smallest absolute Gasteiger partial charge is 0.126 e. The normalized spacial score (nSPS) is 21.8. The fourth-order valence-corrected chi connectivity index (χ4v) is 4.69. The van der Waals surface area contributed by atoms with E-state index in [-0.39, 0.29) is 5.60 Å². The monoisotopic (exact) mass is 360 g/mol. The SMILES string of the molecule is CCCOc1cc(C)c2c(c1)CC[C@@](C)(C[C@H](C)C[C@H](C)CC(C)C)O2. The van der Waals surface area contributed by atoms with Gasteiger partial charge in [0.05, 0.1) is 6.61 Å². The molecule has 0 saturated carbocycles. The molecule has 0 bridgehead atoms. The van der Waals surface area contributed by atoms with E-state index in [1.165, 1.54) is 24.0 Å². The van der Waals surface area contributed by atoms with Crippen molar-refractivity contribution in [3.05, 3.63) is 23.3 Å². The van der Waals surface area contributed by atoms with Crippen LogP contribution in [0.15, 0.2) is 12.1 Å². The first kappa shape index (κ1) is 21.1. The highest BCUT2D eigenvalue weighted by Gasteiger charge is 2.34. The largest absolute Gasteiger partial charge is 0.494 e. The fraction of sp³-hybridized carbons (Fsp3) is 0.750. The molecule has 0 aromatic heterocycles. The first-order valence-electron chi connectivity index (χ1n) is 10.7. The molecule has 1 heterocycles. The average Bonchev–Trinajstić information content (AvgIpc) is 2.52. The third-order valence-corrected chi connectivity index (χ3v) is 5.53. The molecule has 1 aromatic rings. The zero-order chi connectivity index (χ0) is 19.3. The lowest BCUT2D eigenvalue weighted by Gasteiger charge is -2.39. The van der Waals surface area contributed by atoms with Crippen molar-refractivity contribution in [3.63, 3.8) is 0 Å². The Morgan fingerprint density at radius 3 is 2.50 bits per heavy atom. The van der Waals surface area contributed by atoms with Crippen molar-refractivity contribution >= 4 is 0 Å². The Morgan fingerprint density at radius 2 is 1.85 bits per heavy atom. The van der Waals surface area contributed by atoms with E-state index in [2.05, 4.69) is 60.6 Å². The van der Waals surface area contributed by atoms with Crippen molar-refractivity contribution in [1.82, 2.24) is 0 Å². The van der Waals surface area contributed by atoms with E-state index in [1.807, 2.05) is 0 Å². The molecular weight excluding hydrogens is 320 g/mol. The van der Waals surface area contributed by atoms with Gasteiger partial charge in [0.2, 0.25) is 0 Å². The topological polar surface area (TPSA) is 18.5 Å². The lowest BCUT2D eigenvalue weighted by Crippen LogP contribution is -2.38. The van der Waals surface area contributed by atoms with Crippen LogP contribution < -0.4 is 9.47 Å². The molecule has 0 unspecified atom stereocenters. The molecule has 148 valence electrons. The Balaban J connectivity index is 2.01. The molecule has 1 aliphatic heterocycles. The number of benzene rings is 1. The number of fused-ring (bicyclic) bond motifs is 1. The molecule has 26 heavy (non-hydrogen) atoms. The molecule has 0 fully saturated rings. The zero-order valence-corrected chi connectivity index (χ0v) is 18.2. The number of hydrogen-bond acceptors (Lipinski definition) is 2. The van der Waals surface area contributed by atoms with Crippen LogP contribution in [0.1, 0.15) is 84.8 Å². The maximum atomic E-state index is 6.59. The van der Waals surface area contributed by atoms with Gasteiger partial charge in [-0.15, -0.1) is 0 Å². The number of rotatable bonds is 9. The van der Waals surface area contributed by atoms with Gasteiger partial charge in [-0.05, 0) is 93.4 Å². The predicted molar refractivity (Wildman–Crippen MR) is 111 cm³/mol. The van der Waals surface area contributed by atoms with Gasteiger partial charge in [-0.25, -0.2) is 0 Å². The molecule has 2 rings (SSSR count). The van der Waals surface area contributed by atoms with Crippen LogP contribution in [0.4, 0.5) is 0 Å². The molecule has 2 nitrogen and oxygen atoms in total. The summed E-state index contributed by atoms with van der Waals surface area (Å²) in [5.41, 5.74) is 2.48. The molecule has 0 saturated heterocycles. The molecule has 2 heteroatoms. The third kappa shape index (κ3) is 5.93. The summed E-state index contributed by atoms with van der Waals surface area (Å²) in [6.07, 6.45) is 6.99. The summed E-state index contributed by atoms with van der Waals surface area (Å²) in [5.74, 6) is 4.38. The minimum atomic E-state index is -0.0412. The average molecular weight is 361 g/mol. The van der Waals surface area contributed by atoms with Crippen molar-refractivity contribution in [2.75, 3.05) is 6.61 Å². The summed E-state index contributed by atoms with van der Waals surface area (Å²) in [6.45, 7) is 16.8. The van der Waals surface area contributed by atoms with E-state index in [0.717, 1.165) is 55.6 Å². The highest BCUT2D eigenvalue weighted by molar-refractivity contribution is 5.48. The molecule has 0 spiro atoms. The summed E-state index contributed by atoms with van der Waals surface area (Å²) < 4.78 is 12.4. The zero-order valence-electron chi connectivity index (χ0n) is 18.2. The second-order valence-electron chi connectivity index (χ2n) is 9.41. The molecule has 3 atom stereocenters. The molecule has 1 aromatic carbocycles. The minimum absolute atomic E-state index is 0.0412. The van der Waals surface area contributed by atoms with Gasteiger partial charge >= 0.3 is 0 Å². The molecule has 0 amide bonds. The first-order valence-corrected chi connectivity index (χ1v) is 10.7. The van der Waals surface area contributed by atoms with Crippen molar-refractivity contribution in [2.45, 2.75) is 92.6 Å². The van der Waals surface area contributed by atoms with E-state index in [4.69, 9.17) is 9.47 Å². The third-order valence-electron chi connectivity index (χ3n) is 5.53. The Bertz CT molecular complexity index is 578. The van der Waals surface area contributed by atoms with Crippen LogP contribution in [0.2, 0.25) is 0 Å². The van der Waals surface area contributed by atoms with Crippen LogP contribution in [-0.4, -0.2) is 12.2 Å². The summed E-state index contributed by atoms with van der Waals surface area (Å²) in [5, 5.41) is 0. The van der Waals surface area contributed by atoms with Crippen LogP contribution in [0.25, 0.3) is 0 Å². The quantitative estimate of drug-likeness (QED) is 0.473. The highest BCUT2D eigenvalue weighted by Crippen LogP contribution is 2.41. The maximum Gasteiger partial charge on any atom is 0.126 e. The van der Waals surface area contributed by atoms with E-state index >= 15 is 0 Å². The van der Waals surface area contributed by atoms with Gasteiger partial charge in [0, 0.05) is 0 Å². The maximum absolute atomic E-state index is 6.59. The van der Waals surface area contributed by atoms with Crippen LogP contribution in [0.5, 0.6) is 11.5 Å². The second-order valence-corrected chi connectivity index (χ2v) is 9.41. The number of aryl methyl sites for hydroxylation is 2. The van der Waals surface area contributed by atoms with Crippen LogP contribution in [-0.2, 0) is 6.42 Å².